The number of aliphatic carboxylic acids is 1. The van der Waals surface area contributed by atoms with Gasteiger partial charge in [0.25, 0.3) is 0 Å². The molecule has 148 valence electrons. The van der Waals surface area contributed by atoms with Crippen LogP contribution < -0.4 is 11.1 Å². The topological polar surface area (TPSA) is 113 Å². The monoisotopic (exact) mass is 375 g/mol. The molecule has 0 radical (unpaired) electrons. The predicted octanol–water partition coefficient (Wildman–Crippen LogP) is 1.16. The number of carboxylic acids is 1. The molecule has 1 aliphatic rings. The Labute approximate surface area is 159 Å². The molecule has 1 fully saturated rings. The molecular weight excluding hydrogens is 346 g/mol. The number of benzene rings is 1. The lowest BCUT2D eigenvalue weighted by Gasteiger charge is -2.31. The first-order chi connectivity index (χ1) is 12.8. The fourth-order valence-corrected chi connectivity index (χ4v) is 3.37. The second kappa shape index (κ2) is 9.50. The molecule has 0 spiro atoms. The smallest absolute Gasteiger partial charge is 0.326 e. The lowest BCUT2D eigenvalue weighted by atomic mass is 9.96. The number of nitrogens with zero attached hydrogens (tertiary/aromatic N) is 1. The minimum atomic E-state index is -1.00. The van der Waals surface area contributed by atoms with Crippen LogP contribution in [0.4, 0.5) is 0 Å². The SMILES string of the molecule is CCC(C)C(NC(=O)C(N)Cc1ccccc1)C(=O)N1CCC[C@H]1C(=O)O. The van der Waals surface area contributed by atoms with Crippen LogP contribution in [-0.4, -0.2) is 52.5 Å². The number of carboxylic acid groups (broad SMARTS) is 1. The lowest BCUT2D eigenvalue weighted by molar-refractivity contribution is -0.150. The van der Waals surface area contributed by atoms with Crippen LogP contribution in [0.2, 0.25) is 0 Å². The van der Waals surface area contributed by atoms with Gasteiger partial charge in [-0.15, -0.1) is 0 Å². The molecule has 0 aliphatic carbocycles. The highest BCUT2D eigenvalue weighted by Crippen LogP contribution is 2.21. The van der Waals surface area contributed by atoms with Gasteiger partial charge in [-0.05, 0) is 30.7 Å². The first kappa shape index (κ1) is 20.9. The third-order valence-electron chi connectivity index (χ3n) is 5.23. The van der Waals surface area contributed by atoms with Crippen molar-refractivity contribution < 1.29 is 19.5 Å². The van der Waals surface area contributed by atoms with Gasteiger partial charge in [-0.1, -0.05) is 50.6 Å². The molecule has 1 aliphatic heterocycles. The molecular formula is C20H29N3O4. The Balaban J connectivity index is 2.08. The maximum Gasteiger partial charge on any atom is 0.326 e. The van der Waals surface area contributed by atoms with Crippen LogP contribution in [0.25, 0.3) is 0 Å². The summed E-state index contributed by atoms with van der Waals surface area (Å²) in [5.41, 5.74) is 6.98. The van der Waals surface area contributed by atoms with E-state index in [1.54, 1.807) is 0 Å². The quantitative estimate of drug-likeness (QED) is 0.631. The molecule has 0 aromatic heterocycles. The van der Waals surface area contributed by atoms with Gasteiger partial charge in [0.15, 0.2) is 0 Å². The Kier molecular flexibility index (Phi) is 7.36. The number of hydrogen-bond donors (Lipinski definition) is 3. The van der Waals surface area contributed by atoms with Crippen LogP contribution in [0.5, 0.6) is 0 Å². The van der Waals surface area contributed by atoms with Crippen LogP contribution >= 0.6 is 0 Å². The minimum absolute atomic E-state index is 0.125. The number of carbonyl (C=O) groups is 3. The summed E-state index contributed by atoms with van der Waals surface area (Å²) in [6.45, 7) is 4.20. The van der Waals surface area contributed by atoms with Gasteiger partial charge in [0.05, 0.1) is 6.04 Å². The molecule has 1 aromatic rings. The average Bonchev–Trinajstić information content (AvgIpc) is 3.15. The number of rotatable bonds is 8. The summed E-state index contributed by atoms with van der Waals surface area (Å²) in [5.74, 6) is -1.87. The third-order valence-corrected chi connectivity index (χ3v) is 5.23. The van der Waals surface area contributed by atoms with Gasteiger partial charge >= 0.3 is 5.97 Å². The van der Waals surface area contributed by atoms with E-state index >= 15 is 0 Å². The molecule has 27 heavy (non-hydrogen) atoms. The van der Waals surface area contributed by atoms with Crippen LogP contribution in [0.1, 0.15) is 38.7 Å². The Morgan fingerprint density at radius 2 is 1.96 bits per heavy atom. The molecule has 1 saturated heterocycles. The highest BCUT2D eigenvalue weighted by molar-refractivity contribution is 5.92. The van der Waals surface area contributed by atoms with Gasteiger partial charge in [-0.3, -0.25) is 9.59 Å². The zero-order valence-electron chi connectivity index (χ0n) is 15.9. The number of nitrogens with one attached hydrogen (secondary N) is 1. The van der Waals surface area contributed by atoms with Crippen LogP contribution in [0.15, 0.2) is 30.3 Å². The highest BCUT2D eigenvalue weighted by Gasteiger charge is 2.39. The van der Waals surface area contributed by atoms with Crippen LogP contribution in [0.3, 0.4) is 0 Å². The van der Waals surface area contributed by atoms with Crippen molar-refractivity contribution >= 4 is 17.8 Å². The molecule has 0 saturated carbocycles. The molecule has 3 unspecified atom stereocenters. The van der Waals surface area contributed by atoms with Crippen molar-refractivity contribution in [2.45, 2.75) is 57.7 Å². The van der Waals surface area contributed by atoms with Crippen molar-refractivity contribution in [2.24, 2.45) is 11.7 Å². The van der Waals surface area contributed by atoms with Crippen molar-refractivity contribution in [3.05, 3.63) is 35.9 Å². The van der Waals surface area contributed by atoms with Crippen molar-refractivity contribution in [3.8, 4) is 0 Å². The molecule has 2 amide bonds. The summed E-state index contributed by atoms with van der Waals surface area (Å²) in [5, 5.41) is 12.1. The van der Waals surface area contributed by atoms with E-state index in [1.807, 2.05) is 44.2 Å². The standard InChI is InChI=1S/C20H29N3O4/c1-3-13(2)17(19(25)23-11-7-10-16(23)20(26)27)22-18(24)15(21)12-14-8-5-4-6-9-14/h4-6,8-9,13,15-17H,3,7,10-12,21H2,1-2H3,(H,22,24)(H,26,27)/t13?,15?,16-,17?/m0/s1. The first-order valence-corrected chi connectivity index (χ1v) is 9.48. The van der Waals surface area contributed by atoms with Crippen LogP contribution in [-0.2, 0) is 20.8 Å². The fourth-order valence-electron chi connectivity index (χ4n) is 3.37. The molecule has 0 bridgehead atoms. The lowest BCUT2D eigenvalue weighted by Crippen LogP contribution is -2.57. The van der Waals surface area contributed by atoms with Crippen molar-refractivity contribution in [1.82, 2.24) is 10.2 Å². The maximum atomic E-state index is 13.0. The molecule has 4 N–H and O–H groups in total. The molecule has 1 heterocycles. The van der Waals surface area contributed by atoms with Gasteiger partial charge in [-0.2, -0.15) is 0 Å². The van der Waals surface area contributed by atoms with Gasteiger partial charge < -0.3 is 21.1 Å². The molecule has 7 heteroatoms. The zero-order chi connectivity index (χ0) is 20.0. The predicted molar refractivity (Wildman–Crippen MR) is 102 cm³/mol. The Hall–Kier alpha value is -2.41. The average molecular weight is 375 g/mol. The van der Waals surface area contributed by atoms with Crippen LogP contribution in [0, 0.1) is 5.92 Å². The van der Waals surface area contributed by atoms with E-state index in [0.29, 0.717) is 32.2 Å². The maximum absolute atomic E-state index is 13.0. The van der Waals surface area contributed by atoms with Gasteiger partial charge in [0, 0.05) is 6.54 Å². The zero-order valence-corrected chi connectivity index (χ0v) is 15.9. The Morgan fingerprint density at radius 1 is 1.30 bits per heavy atom. The second-order valence-electron chi connectivity index (χ2n) is 7.20. The van der Waals surface area contributed by atoms with Crippen molar-refractivity contribution in [3.63, 3.8) is 0 Å². The molecule has 2 rings (SSSR count). The summed E-state index contributed by atoms with van der Waals surface area (Å²) in [6.07, 6.45) is 2.14. The van der Waals surface area contributed by atoms with E-state index in [9.17, 15) is 19.5 Å². The van der Waals surface area contributed by atoms with Gasteiger partial charge in [-0.25, -0.2) is 4.79 Å². The minimum Gasteiger partial charge on any atom is -0.480 e. The summed E-state index contributed by atoms with van der Waals surface area (Å²) in [6, 6.07) is 7.07. The number of likely N-dealkylation sites (tertiary alicyclic amines) is 1. The summed E-state index contributed by atoms with van der Waals surface area (Å²) in [7, 11) is 0. The normalized spacial score (nSPS) is 20.0. The largest absolute Gasteiger partial charge is 0.480 e. The van der Waals surface area contributed by atoms with E-state index in [2.05, 4.69) is 5.32 Å². The van der Waals surface area contributed by atoms with Gasteiger partial charge in [0.2, 0.25) is 11.8 Å². The summed E-state index contributed by atoms with van der Waals surface area (Å²) < 4.78 is 0. The van der Waals surface area contributed by atoms with Crippen molar-refractivity contribution in [1.29, 1.82) is 0 Å². The van der Waals surface area contributed by atoms with Gasteiger partial charge in [0.1, 0.15) is 12.1 Å². The molecule has 1 aromatic carbocycles. The number of carbonyl (C=O) groups excluding carboxylic acids is 2. The van der Waals surface area contributed by atoms with E-state index < -0.39 is 30.0 Å². The van der Waals surface area contributed by atoms with Crippen molar-refractivity contribution in [2.75, 3.05) is 6.54 Å². The highest BCUT2D eigenvalue weighted by atomic mass is 16.4. The fraction of sp³-hybridized carbons (Fsp3) is 0.550. The first-order valence-electron chi connectivity index (χ1n) is 9.48. The van der Waals surface area contributed by atoms with E-state index in [4.69, 9.17) is 5.73 Å². The number of amides is 2. The third kappa shape index (κ3) is 5.29. The second-order valence-corrected chi connectivity index (χ2v) is 7.20. The summed E-state index contributed by atoms with van der Waals surface area (Å²) in [4.78, 5) is 38.4. The van der Waals surface area contributed by atoms with E-state index in [1.165, 1.54) is 4.90 Å². The molecule has 7 nitrogen and oxygen atoms in total. The Bertz CT molecular complexity index is 664. The number of nitrogens with two attached hydrogens (primary N) is 1. The molecule has 4 atom stereocenters. The van der Waals surface area contributed by atoms with E-state index in [-0.39, 0.29) is 11.8 Å². The number of hydrogen-bond acceptors (Lipinski definition) is 4. The van der Waals surface area contributed by atoms with E-state index in [0.717, 1.165) is 5.56 Å². The Morgan fingerprint density at radius 3 is 2.56 bits per heavy atom. The summed E-state index contributed by atoms with van der Waals surface area (Å²) >= 11 is 0.